The van der Waals surface area contributed by atoms with E-state index in [2.05, 4.69) is 23.3 Å². The first-order valence-corrected chi connectivity index (χ1v) is 13.7. The molecule has 4 unspecified atom stereocenters. The van der Waals surface area contributed by atoms with Gasteiger partial charge >= 0.3 is 5.97 Å². The van der Waals surface area contributed by atoms with Gasteiger partial charge in [0.2, 0.25) is 11.8 Å². The maximum absolute atomic E-state index is 12.8. The zero-order chi connectivity index (χ0) is 27.0. The number of rotatable bonds is 14. The van der Waals surface area contributed by atoms with Crippen molar-refractivity contribution in [2.45, 2.75) is 42.6 Å². The Balaban J connectivity index is 3.04. The van der Waals surface area contributed by atoms with Crippen molar-refractivity contribution in [2.24, 2.45) is 5.73 Å². The van der Waals surface area contributed by atoms with E-state index in [9.17, 15) is 41.4 Å². The van der Waals surface area contributed by atoms with Crippen LogP contribution in [0.1, 0.15) is 18.4 Å². The van der Waals surface area contributed by atoms with E-state index in [4.69, 9.17) is 14.8 Å². The van der Waals surface area contributed by atoms with Gasteiger partial charge in [0.25, 0.3) is 20.2 Å². The lowest BCUT2D eigenvalue weighted by atomic mass is 10.0. The fourth-order valence-electron chi connectivity index (χ4n) is 2.77. The molecule has 2 amide bonds. The smallest absolute Gasteiger partial charge is 0.326 e. The molecule has 0 saturated carbocycles. The normalized spacial score (nSPS) is 15.4. The predicted molar refractivity (Wildman–Crippen MR) is 126 cm³/mol. The number of carboxylic acids is 1. The second-order valence-electron chi connectivity index (χ2n) is 7.59. The molecule has 35 heavy (non-hydrogen) atoms. The van der Waals surface area contributed by atoms with Crippen molar-refractivity contribution in [1.82, 2.24) is 10.6 Å². The van der Waals surface area contributed by atoms with Gasteiger partial charge in [0, 0.05) is 12.5 Å². The van der Waals surface area contributed by atoms with Crippen LogP contribution < -0.4 is 16.4 Å². The molecule has 14 nitrogen and oxygen atoms in total. The van der Waals surface area contributed by atoms with Crippen LogP contribution in [0.5, 0.6) is 5.75 Å². The molecule has 1 aromatic carbocycles. The number of phenolic OH excluding ortho intramolecular Hbond substituents is 1. The number of benzene rings is 1. The van der Waals surface area contributed by atoms with E-state index in [1.54, 1.807) is 0 Å². The summed E-state index contributed by atoms with van der Waals surface area (Å²) in [7, 11) is -8.85. The summed E-state index contributed by atoms with van der Waals surface area (Å²) in [6.45, 7) is 0. The van der Waals surface area contributed by atoms with Gasteiger partial charge in [0.15, 0.2) is 0 Å². The average Bonchev–Trinajstić information content (AvgIpc) is 2.73. The van der Waals surface area contributed by atoms with Gasteiger partial charge in [-0.3, -0.25) is 18.7 Å². The minimum atomic E-state index is -4.51. The highest BCUT2D eigenvalue weighted by Gasteiger charge is 2.31. The summed E-state index contributed by atoms with van der Waals surface area (Å²) in [4.78, 5) is 36.9. The fraction of sp³-hybridized carbons (Fsp3) is 0.500. The number of amides is 2. The Morgan fingerprint density at radius 1 is 0.886 bits per heavy atom. The van der Waals surface area contributed by atoms with Gasteiger partial charge < -0.3 is 26.6 Å². The number of carbonyl (C=O) groups excluding carboxylic acids is 2. The Kier molecular flexibility index (Phi) is 11.4. The molecule has 0 heterocycles. The first-order valence-electron chi connectivity index (χ1n) is 9.94. The molecule has 0 bridgehead atoms. The topological polar surface area (TPSA) is 250 Å². The Morgan fingerprint density at radius 2 is 1.37 bits per heavy atom. The van der Waals surface area contributed by atoms with Gasteiger partial charge in [-0.2, -0.15) is 29.5 Å². The van der Waals surface area contributed by atoms with E-state index in [1.807, 2.05) is 0 Å². The molecule has 0 aliphatic heterocycles. The van der Waals surface area contributed by atoms with Crippen LogP contribution in [-0.2, 0) is 41.0 Å². The zero-order valence-corrected chi connectivity index (χ0v) is 20.7. The van der Waals surface area contributed by atoms with Crippen molar-refractivity contribution in [3.8, 4) is 5.75 Å². The number of aromatic hydroxyl groups is 1. The van der Waals surface area contributed by atoms with Crippen molar-refractivity contribution in [3.05, 3.63) is 29.8 Å². The van der Waals surface area contributed by atoms with Crippen LogP contribution in [0, 0.1) is 0 Å². The number of nitrogens with two attached hydrogens (primary N) is 1. The third-order valence-corrected chi connectivity index (χ3v) is 6.79. The number of hydrogen-bond donors (Lipinski definition) is 8. The van der Waals surface area contributed by atoms with Crippen LogP contribution in [0.4, 0.5) is 0 Å². The predicted octanol–water partition coefficient (Wildman–Crippen LogP) is -1.83. The van der Waals surface area contributed by atoms with Crippen LogP contribution in [0.15, 0.2) is 24.3 Å². The molecular weight excluding hydrogens is 530 g/mol. The van der Waals surface area contributed by atoms with Crippen LogP contribution in [0.3, 0.4) is 0 Å². The van der Waals surface area contributed by atoms with Crippen molar-refractivity contribution in [2.75, 3.05) is 11.5 Å². The van der Waals surface area contributed by atoms with Crippen molar-refractivity contribution in [3.63, 3.8) is 0 Å². The lowest BCUT2D eigenvalue weighted by Gasteiger charge is -2.24. The highest BCUT2D eigenvalue weighted by Crippen LogP contribution is 2.13. The summed E-state index contributed by atoms with van der Waals surface area (Å²) in [5, 5.41) is 21.8. The molecule has 0 radical (unpaired) electrons. The van der Waals surface area contributed by atoms with E-state index in [-0.39, 0.29) is 18.6 Å². The molecular formula is C18H27N3O11S3. The number of carboxylic acid groups (broad SMARTS) is 1. The molecule has 198 valence electrons. The number of phenols is 1. The van der Waals surface area contributed by atoms with Gasteiger partial charge in [-0.25, -0.2) is 4.79 Å². The fourth-order valence-corrected chi connectivity index (χ4v) is 4.10. The zero-order valence-electron chi connectivity index (χ0n) is 18.1. The Morgan fingerprint density at radius 3 is 1.86 bits per heavy atom. The van der Waals surface area contributed by atoms with E-state index in [0.717, 1.165) is 0 Å². The highest BCUT2D eigenvalue weighted by molar-refractivity contribution is 7.86. The van der Waals surface area contributed by atoms with Crippen LogP contribution in [0.2, 0.25) is 0 Å². The van der Waals surface area contributed by atoms with E-state index >= 15 is 0 Å². The second kappa shape index (κ2) is 13.0. The molecule has 0 saturated heterocycles. The molecule has 0 aromatic heterocycles. The summed E-state index contributed by atoms with van der Waals surface area (Å²) in [6, 6.07) is 1.22. The summed E-state index contributed by atoms with van der Waals surface area (Å²) >= 11 is 4.03. The lowest BCUT2D eigenvalue weighted by molar-refractivity contribution is -0.142. The Labute approximate surface area is 207 Å². The Bertz CT molecular complexity index is 1110. The van der Waals surface area contributed by atoms with E-state index in [0.29, 0.717) is 5.56 Å². The van der Waals surface area contributed by atoms with Crippen molar-refractivity contribution >= 4 is 50.6 Å². The summed E-state index contributed by atoms with van der Waals surface area (Å²) in [5.41, 5.74) is 6.19. The largest absolute Gasteiger partial charge is 0.508 e. The van der Waals surface area contributed by atoms with Crippen LogP contribution >= 0.6 is 12.6 Å². The standard InChI is InChI=1S/C18H27N3O11S3/c19-12(5-7-34(27,28)29)15(33)17(24)21-14(9-10-1-3-11(22)4-2-10)16(23)20-13(18(25)26)6-8-35(30,31)32/h1-4,12-15,22,33H,5-9,19H2,(H,20,23)(H,21,24)(H,25,26)(H,27,28,29)(H,30,31,32). The summed E-state index contributed by atoms with van der Waals surface area (Å²) in [5.74, 6) is -5.25. The average molecular weight is 558 g/mol. The minimum absolute atomic E-state index is 0.0739. The second-order valence-corrected chi connectivity index (χ2v) is 11.3. The number of thiol groups is 1. The molecule has 1 aromatic rings. The molecule has 0 fully saturated rings. The molecule has 0 aliphatic carbocycles. The number of nitrogens with one attached hydrogen (secondary N) is 2. The highest BCUT2D eigenvalue weighted by atomic mass is 32.2. The first kappa shape index (κ1) is 30.6. The lowest BCUT2D eigenvalue weighted by Crippen LogP contribution is -2.55. The molecule has 17 heteroatoms. The van der Waals surface area contributed by atoms with Gasteiger partial charge in [-0.1, -0.05) is 12.1 Å². The third-order valence-electron chi connectivity index (χ3n) is 4.67. The molecule has 4 atom stereocenters. The van der Waals surface area contributed by atoms with Crippen LogP contribution in [0.25, 0.3) is 0 Å². The molecule has 0 aliphatic rings. The van der Waals surface area contributed by atoms with Gasteiger partial charge in [-0.15, -0.1) is 0 Å². The SMILES string of the molecule is NC(CCS(=O)(=O)O)C(S)C(=O)NC(Cc1ccc(O)cc1)C(=O)NC(CCS(=O)(=O)O)C(=O)O. The van der Waals surface area contributed by atoms with Gasteiger partial charge in [-0.05, 0) is 30.5 Å². The maximum Gasteiger partial charge on any atom is 0.326 e. The summed E-state index contributed by atoms with van der Waals surface area (Å²) < 4.78 is 61.4. The van der Waals surface area contributed by atoms with E-state index in [1.165, 1.54) is 24.3 Å². The molecule has 8 N–H and O–H groups in total. The first-order chi connectivity index (χ1) is 16.0. The third kappa shape index (κ3) is 12.2. The van der Waals surface area contributed by atoms with Crippen molar-refractivity contribution < 1.29 is 50.5 Å². The van der Waals surface area contributed by atoms with E-state index < -0.39 is 79.3 Å². The number of hydrogen-bond acceptors (Lipinski definition) is 10. The molecule has 0 spiro atoms. The number of carbonyl (C=O) groups is 3. The number of aliphatic carboxylic acids is 1. The molecule has 1 rings (SSSR count). The summed E-state index contributed by atoms with van der Waals surface area (Å²) in [6.07, 6.45) is -1.18. The quantitative estimate of drug-likeness (QED) is 0.0929. The minimum Gasteiger partial charge on any atom is -0.508 e. The maximum atomic E-state index is 12.8. The van der Waals surface area contributed by atoms with Gasteiger partial charge in [0.1, 0.15) is 17.8 Å². The van der Waals surface area contributed by atoms with Gasteiger partial charge in [0.05, 0.1) is 16.8 Å². The van der Waals surface area contributed by atoms with Crippen LogP contribution in [-0.4, -0.2) is 88.8 Å². The monoisotopic (exact) mass is 557 g/mol. The Hall–Kier alpha value is -2.44. The van der Waals surface area contributed by atoms with Crippen molar-refractivity contribution in [1.29, 1.82) is 0 Å².